The Morgan fingerprint density at radius 1 is 1.39 bits per heavy atom. The predicted octanol–water partition coefficient (Wildman–Crippen LogP) is 2.49. The Labute approximate surface area is 111 Å². The van der Waals surface area contributed by atoms with E-state index in [1.54, 1.807) is 0 Å². The van der Waals surface area contributed by atoms with Gasteiger partial charge in [0.1, 0.15) is 6.29 Å². The normalized spacial score (nSPS) is 39.2. The van der Waals surface area contributed by atoms with Crippen molar-refractivity contribution < 1.29 is 9.53 Å². The van der Waals surface area contributed by atoms with Crippen LogP contribution in [0.1, 0.15) is 46.0 Å². The highest BCUT2D eigenvalue weighted by Gasteiger charge is 2.36. The van der Waals surface area contributed by atoms with Crippen molar-refractivity contribution in [2.24, 2.45) is 11.3 Å². The van der Waals surface area contributed by atoms with E-state index in [0.717, 1.165) is 45.5 Å². The Bertz CT molecular complexity index is 282. The highest BCUT2D eigenvalue weighted by atomic mass is 16.5. The molecule has 0 amide bonds. The lowest BCUT2D eigenvalue weighted by Crippen LogP contribution is -2.43. The van der Waals surface area contributed by atoms with Crippen molar-refractivity contribution in [1.29, 1.82) is 0 Å². The molecule has 3 unspecified atom stereocenters. The molecule has 3 heteroatoms. The van der Waals surface area contributed by atoms with Crippen molar-refractivity contribution in [2.75, 3.05) is 26.2 Å². The minimum atomic E-state index is -0.0816. The third-order valence-electron chi connectivity index (χ3n) is 4.45. The second kappa shape index (κ2) is 6.16. The minimum absolute atomic E-state index is 0.0816. The van der Waals surface area contributed by atoms with Gasteiger partial charge in [-0.25, -0.2) is 0 Å². The largest absolute Gasteiger partial charge is 0.377 e. The van der Waals surface area contributed by atoms with Crippen LogP contribution < -0.4 is 0 Å². The summed E-state index contributed by atoms with van der Waals surface area (Å²) in [4.78, 5) is 14.1. The lowest BCUT2D eigenvalue weighted by molar-refractivity contribution is -0.120. The molecular formula is C15H27NO2. The maximum atomic E-state index is 11.6. The molecule has 1 aliphatic heterocycles. The number of ether oxygens (including phenoxy) is 1. The quantitative estimate of drug-likeness (QED) is 0.724. The van der Waals surface area contributed by atoms with E-state index in [-0.39, 0.29) is 5.41 Å². The zero-order valence-corrected chi connectivity index (χ0v) is 11.9. The van der Waals surface area contributed by atoms with E-state index in [9.17, 15) is 4.79 Å². The second-order valence-corrected chi connectivity index (χ2v) is 6.45. The first-order chi connectivity index (χ1) is 8.63. The summed E-state index contributed by atoms with van der Waals surface area (Å²) in [7, 11) is 0. The Morgan fingerprint density at radius 2 is 2.22 bits per heavy atom. The fourth-order valence-corrected chi connectivity index (χ4v) is 3.66. The zero-order valence-electron chi connectivity index (χ0n) is 11.9. The molecule has 3 nitrogen and oxygen atoms in total. The summed E-state index contributed by atoms with van der Waals surface area (Å²) in [6.45, 7) is 8.27. The van der Waals surface area contributed by atoms with Crippen molar-refractivity contribution in [3.63, 3.8) is 0 Å². The molecule has 104 valence electrons. The summed E-state index contributed by atoms with van der Waals surface area (Å²) >= 11 is 0. The number of hydrogen-bond donors (Lipinski definition) is 0. The van der Waals surface area contributed by atoms with Gasteiger partial charge >= 0.3 is 0 Å². The van der Waals surface area contributed by atoms with E-state index in [4.69, 9.17) is 4.74 Å². The summed E-state index contributed by atoms with van der Waals surface area (Å²) in [5.41, 5.74) is -0.0816. The average molecular weight is 253 g/mol. The summed E-state index contributed by atoms with van der Waals surface area (Å²) in [6, 6.07) is 0. The van der Waals surface area contributed by atoms with Crippen molar-refractivity contribution in [3.05, 3.63) is 0 Å². The van der Waals surface area contributed by atoms with E-state index in [1.165, 1.54) is 19.1 Å². The molecule has 0 aromatic heterocycles. The lowest BCUT2D eigenvalue weighted by atomic mass is 9.70. The maximum Gasteiger partial charge on any atom is 0.127 e. The molecular weight excluding hydrogens is 226 g/mol. The Morgan fingerprint density at radius 3 is 2.94 bits per heavy atom. The van der Waals surface area contributed by atoms with Crippen LogP contribution in [0, 0.1) is 11.3 Å². The molecule has 0 spiro atoms. The van der Waals surface area contributed by atoms with Gasteiger partial charge in [0.25, 0.3) is 0 Å². The van der Waals surface area contributed by atoms with Gasteiger partial charge in [-0.15, -0.1) is 0 Å². The highest BCUT2D eigenvalue weighted by molar-refractivity contribution is 5.60. The Kier molecular flexibility index (Phi) is 4.79. The van der Waals surface area contributed by atoms with Gasteiger partial charge in [-0.05, 0) is 32.1 Å². The molecule has 0 radical (unpaired) electrons. The molecule has 0 N–H and O–H groups in total. The maximum absolute atomic E-state index is 11.6. The summed E-state index contributed by atoms with van der Waals surface area (Å²) in [5.74, 6) is 0.699. The van der Waals surface area contributed by atoms with Crippen LogP contribution in [0.4, 0.5) is 0 Å². The number of hydrogen-bond acceptors (Lipinski definition) is 3. The first-order valence-corrected chi connectivity index (χ1v) is 7.44. The molecule has 0 aromatic carbocycles. The molecule has 1 heterocycles. The van der Waals surface area contributed by atoms with E-state index in [1.807, 2.05) is 0 Å². The average Bonchev–Trinajstić information content (AvgIpc) is 2.53. The molecule has 0 aromatic rings. The summed E-state index contributed by atoms with van der Waals surface area (Å²) < 4.78 is 5.68. The molecule has 0 bridgehead atoms. The Hall–Kier alpha value is -0.410. The topological polar surface area (TPSA) is 29.5 Å². The number of carbonyl (C=O) groups is 1. The van der Waals surface area contributed by atoms with E-state index < -0.39 is 0 Å². The molecule has 2 rings (SSSR count). The first-order valence-electron chi connectivity index (χ1n) is 7.44. The molecule has 18 heavy (non-hydrogen) atoms. The molecule has 2 aliphatic rings. The zero-order chi connectivity index (χ0) is 13.0. The fourth-order valence-electron chi connectivity index (χ4n) is 3.66. The van der Waals surface area contributed by atoms with Crippen LogP contribution in [-0.4, -0.2) is 43.5 Å². The van der Waals surface area contributed by atoms with Gasteiger partial charge < -0.3 is 9.53 Å². The van der Waals surface area contributed by atoms with E-state index >= 15 is 0 Å². The van der Waals surface area contributed by atoms with Crippen LogP contribution in [0.25, 0.3) is 0 Å². The van der Waals surface area contributed by atoms with Gasteiger partial charge in [0.2, 0.25) is 0 Å². The van der Waals surface area contributed by atoms with Crippen LogP contribution in [-0.2, 0) is 9.53 Å². The fraction of sp³-hybridized carbons (Fsp3) is 0.933. The van der Waals surface area contributed by atoms with Crippen LogP contribution in [0.2, 0.25) is 0 Å². The highest BCUT2D eigenvalue weighted by Crippen LogP contribution is 2.38. The van der Waals surface area contributed by atoms with Crippen LogP contribution in [0.3, 0.4) is 0 Å². The third kappa shape index (κ3) is 3.55. The van der Waals surface area contributed by atoms with Gasteiger partial charge in [-0.2, -0.15) is 0 Å². The van der Waals surface area contributed by atoms with Gasteiger partial charge in [0, 0.05) is 31.7 Å². The van der Waals surface area contributed by atoms with Crippen molar-refractivity contribution in [1.82, 2.24) is 4.90 Å². The Balaban J connectivity index is 1.97. The summed E-state index contributed by atoms with van der Waals surface area (Å²) in [6.07, 6.45) is 7.29. The van der Waals surface area contributed by atoms with Crippen LogP contribution in [0.15, 0.2) is 0 Å². The van der Waals surface area contributed by atoms with Gasteiger partial charge in [-0.3, -0.25) is 4.90 Å². The first kappa shape index (κ1) is 14.0. The van der Waals surface area contributed by atoms with Gasteiger partial charge in [0.15, 0.2) is 0 Å². The smallest absolute Gasteiger partial charge is 0.127 e. The number of rotatable bonds is 3. The van der Waals surface area contributed by atoms with E-state index in [0.29, 0.717) is 12.0 Å². The number of carbonyl (C=O) groups excluding carboxylic acids is 1. The predicted molar refractivity (Wildman–Crippen MR) is 72.6 cm³/mol. The van der Waals surface area contributed by atoms with Crippen molar-refractivity contribution in [2.45, 2.75) is 52.1 Å². The monoisotopic (exact) mass is 253 g/mol. The van der Waals surface area contributed by atoms with Crippen LogP contribution >= 0.6 is 0 Å². The van der Waals surface area contributed by atoms with E-state index in [2.05, 4.69) is 18.7 Å². The third-order valence-corrected chi connectivity index (χ3v) is 4.45. The minimum Gasteiger partial charge on any atom is -0.377 e. The SMILES string of the molecule is CC1CCCC(C=O)(CN2CCCOC(C)C2)C1. The molecule has 1 saturated carbocycles. The number of aldehydes is 1. The standard InChI is InChI=1S/C15H27NO2/c1-13-5-3-6-15(9-13,12-17)11-16-7-4-8-18-14(2)10-16/h12-14H,3-11H2,1-2H3. The molecule has 2 fully saturated rings. The lowest BCUT2D eigenvalue weighted by Gasteiger charge is -2.39. The van der Waals surface area contributed by atoms with Crippen molar-refractivity contribution >= 4 is 6.29 Å². The molecule has 1 aliphatic carbocycles. The van der Waals surface area contributed by atoms with Gasteiger partial charge in [-0.1, -0.05) is 19.8 Å². The molecule has 1 saturated heterocycles. The number of nitrogens with zero attached hydrogens (tertiary/aromatic N) is 1. The van der Waals surface area contributed by atoms with Gasteiger partial charge in [0.05, 0.1) is 6.10 Å². The van der Waals surface area contributed by atoms with Crippen molar-refractivity contribution in [3.8, 4) is 0 Å². The van der Waals surface area contributed by atoms with Crippen LogP contribution in [0.5, 0.6) is 0 Å². The summed E-state index contributed by atoms with van der Waals surface area (Å²) in [5, 5.41) is 0. The molecule has 3 atom stereocenters. The second-order valence-electron chi connectivity index (χ2n) is 6.45.